The largest absolute Gasteiger partial charge is 0.370 e. The molecule has 1 fully saturated rings. The molecule has 0 amide bonds. The van der Waals surface area contributed by atoms with Gasteiger partial charge in [0.2, 0.25) is 0 Å². The van der Waals surface area contributed by atoms with Crippen molar-refractivity contribution in [3.05, 3.63) is 46.8 Å². The number of benzene rings is 1. The molecule has 1 aliphatic heterocycles. The fraction of sp³-hybridized carbons (Fsp3) is 0.357. The van der Waals surface area contributed by atoms with E-state index in [-0.39, 0.29) is 5.78 Å². The first-order valence-corrected chi connectivity index (χ1v) is 6.04. The van der Waals surface area contributed by atoms with Crippen LogP contribution in [0.15, 0.2) is 35.7 Å². The summed E-state index contributed by atoms with van der Waals surface area (Å²) in [5.41, 5.74) is 2.77. The second-order valence-corrected chi connectivity index (χ2v) is 4.26. The fourth-order valence-electron chi connectivity index (χ4n) is 1.98. The molecule has 1 saturated heterocycles. The van der Waals surface area contributed by atoms with E-state index < -0.39 is 0 Å². The molecule has 0 radical (unpaired) electrons. The Morgan fingerprint density at radius 3 is 2.29 bits per heavy atom. The number of Topliss-reactive ketones (excluding diaryl/α,β-unsaturated/α-hetero) is 1. The highest BCUT2D eigenvalue weighted by Crippen LogP contribution is 2.15. The van der Waals surface area contributed by atoms with Crippen LogP contribution in [0, 0.1) is 6.92 Å². The maximum Gasteiger partial charge on any atom is 0.192 e. The second-order valence-electron chi connectivity index (χ2n) is 4.26. The van der Waals surface area contributed by atoms with Crippen molar-refractivity contribution in [2.24, 2.45) is 0 Å². The van der Waals surface area contributed by atoms with Crippen LogP contribution in [0.4, 0.5) is 0 Å². The lowest BCUT2D eigenvalue weighted by molar-refractivity contribution is 0.102. The smallest absolute Gasteiger partial charge is 0.192 e. The molecule has 0 unspecified atom stereocenters. The van der Waals surface area contributed by atoms with Gasteiger partial charge in [0.25, 0.3) is 0 Å². The lowest BCUT2D eigenvalue weighted by Gasteiger charge is -2.09. The van der Waals surface area contributed by atoms with E-state index in [1.165, 1.54) is 5.56 Å². The molecule has 0 aromatic heterocycles. The third-order valence-corrected chi connectivity index (χ3v) is 2.97. The summed E-state index contributed by atoms with van der Waals surface area (Å²) in [5, 5.41) is 6.43. The highest BCUT2D eigenvalue weighted by molar-refractivity contribution is 6.09. The Hall–Kier alpha value is -1.77. The van der Waals surface area contributed by atoms with Crippen molar-refractivity contribution in [3.63, 3.8) is 0 Å². The molecule has 0 atom stereocenters. The summed E-state index contributed by atoms with van der Waals surface area (Å²) in [6.45, 7) is 5.81. The highest BCUT2D eigenvalue weighted by Gasteiger charge is 2.17. The Balaban J connectivity index is 2.29. The highest BCUT2D eigenvalue weighted by atomic mass is 16.1. The van der Waals surface area contributed by atoms with Gasteiger partial charge in [-0.1, -0.05) is 36.8 Å². The van der Waals surface area contributed by atoms with Gasteiger partial charge in [0.15, 0.2) is 5.78 Å². The molecule has 0 saturated carbocycles. The van der Waals surface area contributed by atoms with Crippen LogP contribution in [-0.2, 0) is 0 Å². The SMILES string of the molecule is CCC(C(=O)c1ccc(C)cc1)=C1NCCN1. The first-order valence-electron chi connectivity index (χ1n) is 6.04. The van der Waals surface area contributed by atoms with Gasteiger partial charge in [-0.3, -0.25) is 4.79 Å². The van der Waals surface area contributed by atoms with E-state index in [0.717, 1.165) is 36.5 Å². The van der Waals surface area contributed by atoms with Gasteiger partial charge in [-0.25, -0.2) is 0 Å². The molecular formula is C14H18N2O. The van der Waals surface area contributed by atoms with E-state index in [1.807, 2.05) is 38.1 Å². The summed E-state index contributed by atoms with van der Waals surface area (Å²) in [6.07, 6.45) is 0.738. The van der Waals surface area contributed by atoms with Crippen molar-refractivity contribution in [1.82, 2.24) is 10.6 Å². The minimum atomic E-state index is 0.115. The number of aryl methyl sites for hydroxylation is 1. The van der Waals surface area contributed by atoms with Crippen LogP contribution in [-0.4, -0.2) is 18.9 Å². The van der Waals surface area contributed by atoms with Gasteiger partial charge in [0.1, 0.15) is 5.82 Å². The molecule has 0 bridgehead atoms. The van der Waals surface area contributed by atoms with Gasteiger partial charge >= 0.3 is 0 Å². The average molecular weight is 230 g/mol. The van der Waals surface area contributed by atoms with Crippen molar-refractivity contribution in [2.45, 2.75) is 20.3 Å². The second kappa shape index (κ2) is 5.04. The van der Waals surface area contributed by atoms with E-state index in [2.05, 4.69) is 10.6 Å². The summed E-state index contributed by atoms with van der Waals surface area (Å²) in [7, 11) is 0. The monoisotopic (exact) mass is 230 g/mol. The molecule has 2 N–H and O–H groups in total. The first-order chi connectivity index (χ1) is 8.22. The molecule has 3 nitrogen and oxygen atoms in total. The van der Waals surface area contributed by atoms with E-state index >= 15 is 0 Å². The molecule has 1 aliphatic rings. The Morgan fingerprint density at radius 2 is 1.76 bits per heavy atom. The lowest BCUT2D eigenvalue weighted by atomic mass is 10.0. The number of rotatable bonds is 3. The fourth-order valence-corrected chi connectivity index (χ4v) is 1.98. The van der Waals surface area contributed by atoms with Crippen molar-refractivity contribution < 1.29 is 4.79 Å². The first kappa shape index (κ1) is 11.7. The van der Waals surface area contributed by atoms with E-state index in [4.69, 9.17) is 0 Å². The predicted molar refractivity (Wildman–Crippen MR) is 68.8 cm³/mol. The zero-order valence-corrected chi connectivity index (χ0v) is 10.3. The van der Waals surface area contributed by atoms with E-state index in [0.29, 0.717) is 0 Å². The standard InChI is InChI=1S/C14H18N2O/c1-3-12(14-15-8-9-16-14)13(17)11-6-4-10(2)5-7-11/h4-7,15-16H,3,8-9H2,1-2H3. The molecule has 2 rings (SSSR count). The summed E-state index contributed by atoms with van der Waals surface area (Å²) in [5.74, 6) is 1.02. The van der Waals surface area contributed by atoms with Gasteiger partial charge in [-0.05, 0) is 13.3 Å². The van der Waals surface area contributed by atoms with Crippen LogP contribution in [0.2, 0.25) is 0 Å². The van der Waals surface area contributed by atoms with Crippen LogP contribution >= 0.6 is 0 Å². The Labute approximate surface area is 102 Å². The zero-order chi connectivity index (χ0) is 12.3. The Bertz CT molecular complexity index is 438. The summed E-state index contributed by atoms with van der Waals surface area (Å²) < 4.78 is 0. The van der Waals surface area contributed by atoms with E-state index in [1.54, 1.807) is 0 Å². The minimum absolute atomic E-state index is 0.115. The van der Waals surface area contributed by atoms with Gasteiger partial charge in [-0.15, -0.1) is 0 Å². The van der Waals surface area contributed by atoms with Crippen molar-refractivity contribution in [2.75, 3.05) is 13.1 Å². The third kappa shape index (κ3) is 2.49. The topological polar surface area (TPSA) is 41.1 Å². The van der Waals surface area contributed by atoms with Crippen LogP contribution in [0.3, 0.4) is 0 Å². The molecule has 17 heavy (non-hydrogen) atoms. The third-order valence-electron chi connectivity index (χ3n) is 2.97. The Morgan fingerprint density at radius 1 is 1.18 bits per heavy atom. The molecule has 3 heteroatoms. The van der Waals surface area contributed by atoms with Gasteiger partial charge in [0, 0.05) is 24.2 Å². The van der Waals surface area contributed by atoms with Crippen LogP contribution < -0.4 is 10.6 Å². The molecule has 0 spiro atoms. The molecule has 0 aliphatic carbocycles. The minimum Gasteiger partial charge on any atom is -0.370 e. The maximum absolute atomic E-state index is 12.3. The Kier molecular flexibility index (Phi) is 3.47. The molecule has 1 aromatic rings. The number of carbonyl (C=O) groups excluding carboxylic acids is 1. The quantitative estimate of drug-likeness (QED) is 0.616. The van der Waals surface area contributed by atoms with Gasteiger partial charge in [-0.2, -0.15) is 0 Å². The van der Waals surface area contributed by atoms with Crippen molar-refractivity contribution >= 4 is 5.78 Å². The van der Waals surface area contributed by atoms with Crippen LogP contribution in [0.25, 0.3) is 0 Å². The normalized spacial score (nSPS) is 14.1. The maximum atomic E-state index is 12.3. The van der Waals surface area contributed by atoms with Gasteiger partial charge < -0.3 is 10.6 Å². The summed E-state index contributed by atoms with van der Waals surface area (Å²) >= 11 is 0. The number of hydrogen-bond donors (Lipinski definition) is 2. The van der Waals surface area contributed by atoms with Crippen LogP contribution in [0.1, 0.15) is 29.3 Å². The number of allylic oxidation sites excluding steroid dienone is 1. The lowest BCUT2D eigenvalue weighted by Crippen LogP contribution is -2.18. The zero-order valence-electron chi connectivity index (χ0n) is 10.3. The molecular weight excluding hydrogens is 212 g/mol. The van der Waals surface area contributed by atoms with Crippen molar-refractivity contribution in [3.8, 4) is 0 Å². The number of carbonyl (C=O) groups is 1. The van der Waals surface area contributed by atoms with Crippen molar-refractivity contribution in [1.29, 1.82) is 0 Å². The van der Waals surface area contributed by atoms with Gasteiger partial charge in [0.05, 0.1) is 0 Å². The van der Waals surface area contributed by atoms with E-state index in [9.17, 15) is 4.79 Å². The predicted octanol–water partition coefficient (Wildman–Crippen LogP) is 1.99. The number of hydrogen-bond acceptors (Lipinski definition) is 3. The molecule has 1 heterocycles. The summed E-state index contributed by atoms with van der Waals surface area (Å²) in [4.78, 5) is 12.3. The number of ketones is 1. The van der Waals surface area contributed by atoms with Crippen LogP contribution in [0.5, 0.6) is 0 Å². The average Bonchev–Trinajstić information content (AvgIpc) is 2.84. The molecule has 90 valence electrons. The summed E-state index contributed by atoms with van der Waals surface area (Å²) in [6, 6.07) is 7.73. The molecule has 1 aromatic carbocycles. The number of nitrogens with one attached hydrogen (secondary N) is 2.